The van der Waals surface area contributed by atoms with Gasteiger partial charge in [0.05, 0.1) is 6.10 Å². The fourth-order valence-electron chi connectivity index (χ4n) is 1.53. The molecule has 0 amide bonds. The smallest absolute Gasteiger partial charge is 0.333 e. The van der Waals surface area contributed by atoms with Gasteiger partial charge in [-0.15, -0.1) is 0 Å². The van der Waals surface area contributed by atoms with Crippen molar-refractivity contribution in [2.24, 2.45) is 0 Å². The van der Waals surface area contributed by atoms with Gasteiger partial charge in [0.2, 0.25) is 0 Å². The van der Waals surface area contributed by atoms with E-state index in [1.54, 1.807) is 13.0 Å². The first-order valence-electron chi connectivity index (χ1n) is 5.15. The van der Waals surface area contributed by atoms with Crippen molar-refractivity contribution in [3.05, 3.63) is 11.6 Å². The van der Waals surface area contributed by atoms with Crippen LogP contribution in [0.5, 0.6) is 0 Å². The first-order valence-corrected chi connectivity index (χ1v) is 5.15. The number of aliphatic hydroxyl groups is 1. The van der Waals surface area contributed by atoms with Crippen molar-refractivity contribution in [1.82, 2.24) is 0 Å². The Hall–Kier alpha value is -0.830. The molecule has 1 N–H and O–H groups in total. The summed E-state index contributed by atoms with van der Waals surface area (Å²) >= 11 is 0. The van der Waals surface area contributed by atoms with Crippen molar-refractivity contribution in [2.75, 3.05) is 0 Å². The molecule has 14 heavy (non-hydrogen) atoms. The van der Waals surface area contributed by atoms with E-state index < -0.39 is 0 Å². The molecule has 0 spiro atoms. The van der Waals surface area contributed by atoms with Gasteiger partial charge in [0.25, 0.3) is 0 Å². The molecule has 0 unspecified atom stereocenters. The first kappa shape index (κ1) is 11.2. The van der Waals surface area contributed by atoms with Gasteiger partial charge in [0.1, 0.15) is 6.10 Å². The number of ether oxygens (including phenoxy) is 1. The normalized spacial score (nSPS) is 28.6. The molecule has 0 aliphatic heterocycles. The van der Waals surface area contributed by atoms with Crippen LogP contribution in [0.25, 0.3) is 0 Å². The Labute approximate surface area is 84.8 Å². The summed E-state index contributed by atoms with van der Waals surface area (Å²) < 4.78 is 5.27. The number of hydrogen-bond donors (Lipinski definition) is 1. The van der Waals surface area contributed by atoms with Crippen LogP contribution in [0.2, 0.25) is 0 Å². The van der Waals surface area contributed by atoms with E-state index in [0.29, 0.717) is 5.57 Å². The largest absolute Gasteiger partial charge is 0.459 e. The van der Waals surface area contributed by atoms with Crippen molar-refractivity contribution in [1.29, 1.82) is 0 Å². The van der Waals surface area contributed by atoms with Crippen molar-refractivity contribution in [3.63, 3.8) is 0 Å². The summed E-state index contributed by atoms with van der Waals surface area (Å²) in [6, 6.07) is 0. The van der Waals surface area contributed by atoms with E-state index in [4.69, 9.17) is 4.74 Å². The maximum Gasteiger partial charge on any atom is 0.333 e. The third kappa shape index (κ3) is 3.14. The number of rotatable bonds is 2. The summed E-state index contributed by atoms with van der Waals surface area (Å²) in [5.74, 6) is -0.228. The van der Waals surface area contributed by atoms with Gasteiger partial charge in [-0.2, -0.15) is 0 Å². The fraction of sp³-hybridized carbons (Fsp3) is 0.727. The summed E-state index contributed by atoms with van der Waals surface area (Å²) in [6.07, 6.45) is 4.60. The van der Waals surface area contributed by atoms with E-state index in [0.717, 1.165) is 25.7 Å². The number of aliphatic hydroxyl groups excluding tert-OH is 1. The lowest BCUT2D eigenvalue weighted by atomic mass is 9.95. The number of hydrogen-bond acceptors (Lipinski definition) is 3. The zero-order valence-electron chi connectivity index (χ0n) is 8.82. The lowest BCUT2D eigenvalue weighted by Crippen LogP contribution is -2.26. The van der Waals surface area contributed by atoms with Gasteiger partial charge in [-0.1, -0.05) is 6.08 Å². The maximum absolute atomic E-state index is 11.4. The summed E-state index contributed by atoms with van der Waals surface area (Å²) in [6.45, 7) is 3.57. The van der Waals surface area contributed by atoms with Gasteiger partial charge in [-0.3, -0.25) is 0 Å². The molecule has 0 bridgehead atoms. The quantitative estimate of drug-likeness (QED) is 0.543. The third-order valence-corrected chi connectivity index (χ3v) is 2.67. The average molecular weight is 198 g/mol. The first-order chi connectivity index (χ1) is 6.63. The van der Waals surface area contributed by atoms with Crippen molar-refractivity contribution < 1.29 is 14.6 Å². The van der Waals surface area contributed by atoms with Gasteiger partial charge in [-0.05, 0) is 39.5 Å². The second kappa shape index (κ2) is 5.15. The molecule has 1 fully saturated rings. The number of carbonyl (C=O) groups is 1. The van der Waals surface area contributed by atoms with Crippen molar-refractivity contribution >= 4 is 5.97 Å². The molecular weight excluding hydrogens is 180 g/mol. The van der Waals surface area contributed by atoms with Crippen LogP contribution in [0, 0.1) is 0 Å². The average Bonchev–Trinajstić information content (AvgIpc) is 2.20. The summed E-state index contributed by atoms with van der Waals surface area (Å²) in [5.41, 5.74) is 0.649. The van der Waals surface area contributed by atoms with E-state index in [-0.39, 0.29) is 18.2 Å². The Morgan fingerprint density at radius 3 is 2.43 bits per heavy atom. The fourth-order valence-corrected chi connectivity index (χ4v) is 1.53. The molecule has 1 saturated carbocycles. The van der Waals surface area contributed by atoms with Gasteiger partial charge >= 0.3 is 5.97 Å². The summed E-state index contributed by atoms with van der Waals surface area (Å²) in [4.78, 5) is 11.4. The van der Waals surface area contributed by atoms with Gasteiger partial charge in [0.15, 0.2) is 0 Å². The maximum atomic E-state index is 11.4. The van der Waals surface area contributed by atoms with Crippen LogP contribution in [0.15, 0.2) is 11.6 Å². The summed E-state index contributed by atoms with van der Waals surface area (Å²) in [5, 5.41) is 9.26. The molecule has 1 rings (SSSR count). The molecule has 0 aromatic rings. The third-order valence-electron chi connectivity index (χ3n) is 2.67. The van der Waals surface area contributed by atoms with Crippen LogP contribution in [-0.2, 0) is 9.53 Å². The second-order valence-corrected chi connectivity index (χ2v) is 3.81. The predicted octanol–water partition coefficient (Wildman–Crippen LogP) is 1.80. The number of esters is 1. The molecule has 1 aliphatic carbocycles. The summed E-state index contributed by atoms with van der Waals surface area (Å²) in [7, 11) is 0. The Bertz CT molecular complexity index is 225. The molecular formula is C11H18O3. The molecule has 0 radical (unpaired) electrons. The Balaban J connectivity index is 2.35. The van der Waals surface area contributed by atoms with Gasteiger partial charge < -0.3 is 9.84 Å². The Morgan fingerprint density at radius 1 is 1.36 bits per heavy atom. The zero-order chi connectivity index (χ0) is 10.6. The van der Waals surface area contributed by atoms with Crippen molar-refractivity contribution in [2.45, 2.75) is 51.7 Å². The molecule has 80 valence electrons. The van der Waals surface area contributed by atoms with E-state index >= 15 is 0 Å². The van der Waals surface area contributed by atoms with Gasteiger partial charge in [-0.25, -0.2) is 4.79 Å². The van der Waals surface area contributed by atoms with E-state index in [1.807, 2.05) is 6.92 Å². The van der Waals surface area contributed by atoms with Crippen LogP contribution in [0.1, 0.15) is 39.5 Å². The Kier molecular flexibility index (Phi) is 4.14. The monoisotopic (exact) mass is 198 g/mol. The van der Waals surface area contributed by atoms with E-state index in [2.05, 4.69) is 0 Å². The molecule has 3 nitrogen and oxygen atoms in total. The standard InChI is InChI=1S/C11H18O3/c1-3-8(2)11(13)14-10-6-4-9(12)5-7-10/h3,9-10,12H,4-7H2,1-2H3. The van der Waals surface area contributed by atoms with E-state index in [9.17, 15) is 9.90 Å². The lowest BCUT2D eigenvalue weighted by molar-refractivity contribution is -0.146. The van der Waals surface area contributed by atoms with Crippen LogP contribution in [0.4, 0.5) is 0 Å². The van der Waals surface area contributed by atoms with Crippen molar-refractivity contribution in [3.8, 4) is 0 Å². The predicted molar refractivity (Wildman–Crippen MR) is 53.8 cm³/mol. The number of allylic oxidation sites excluding steroid dienone is 1. The van der Waals surface area contributed by atoms with Crippen LogP contribution in [0.3, 0.4) is 0 Å². The Morgan fingerprint density at radius 2 is 1.93 bits per heavy atom. The zero-order valence-corrected chi connectivity index (χ0v) is 8.82. The molecule has 0 atom stereocenters. The minimum Gasteiger partial charge on any atom is -0.459 e. The van der Waals surface area contributed by atoms with Crippen LogP contribution < -0.4 is 0 Å². The van der Waals surface area contributed by atoms with Crippen LogP contribution >= 0.6 is 0 Å². The molecule has 0 aromatic heterocycles. The highest BCUT2D eigenvalue weighted by atomic mass is 16.5. The number of carbonyl (C=O) groups excluding carboxylic acids is 1. The SMILES string of the molecule is CC=C(C)C(=O)OC1CCC(O)CC1. The molecule has 0 aromatic carbocycles. The molecule has 3 heteroatoms. The molecule has 1 aliphatic rings. The second-order valence-electron chi connectivity index (χ2n) is 3.81. The van der Waals surface area contributed by atoms with Crippen LogP contribution in [-0.4, -0.2) is 23.3 Å². The highest BCUT2D eigenvalue weighted by molar-refractivity contribution is 5.87. The lowest BCUT2D eigenvalue weighted by Gasteiger charge is -2.25. The van der Waals surface area contributed by atoms with Gasteiger partial charge in [0, 0.05) is 5.57 Å². The minimum atomic E-state index is -0.228. The highest BCUT2D eigenvalue weighted by Gasteiger charge is 2.22. The molecule has 0 saturated heterocycles. The topological polar surface area (TPSA) is 46.5 Å². The van der Waals surface area contributed by atoms with E-state index in [1.165, 1.54) is 0 Å². The molecule has 0 heterocycles. The highest BCUT2D eigenvalue weighted by Crippen LogP contribution is 2.21. The minimum absolute atomic E-state index is 0.000741.